The molecule has 7 heteroatoms. The van der Waals surface area contributed by atoms with E-state index in [0.29, 0.717) is 6.61 Å². The number of rotatable bonds is 6. The van der Waals surface area contributed by atoms with Gasteiger partial charge in [0, 0.05) is 12.7 Å². The second kappa shape index (κ2) is 7.31. The van der Waals surface area contributed by atoms with E-state index in [1.807, 2.05) is 56.7 Å². The normalized spacial score (nSPS) is 12.0. The van der Waals surface area contributed by atoms with E-state index >= 15 is 0 Å². The van der Waals surface area contributed by atoms with Gasteiger partial charge in [-0.05, 0) is 45.0 Å². The summed E-state index contributed by atoms with van der Waals surface area (Å²) in [5, 5.41) is 11.4. The van der Waals surface area contributed by atoms with E-state index in [0.717, 1.165) is 22.4 Å². The van der Waals surface area contributed by atoms with Crippen LogP contribution in [0.25, 0.3) is 0 Å². The number of hydrogen-bond donors (Lipinski definition) is 1. The highest BCUT2D eigenvalue weighted by Gasteiger charge is 2.18. The Morgan fingerprint density at radius 3 is 2.59 bits per heavy atom. The molecule has 1 atom stereocenters. The van der Waals surface area contributed by atoms with Crippen LogP contribution >= 0.6 is 11.8 Å². The summed E-state index contributed by atoms with van der Waals surface area (Å²) in [5.74, 6) is 1.54. The van der Waals surface area contributed by atoms with E-state index in [1.165, 1.54) is 11.8 Å². The summed E-state index contributed by atoms with van der Waals surface area (Å²) in [6.07, 6.45) is 0. The lowest BCUT2D eigenvalue weighted by Crippen LogP contribution is -2.22. The standard InChI is InChI=1S/C15H20N4O2S/c1-5-21-13-8-6-12(7-9-13)16-14(20)10(2)22-15-18-17-11(3)19(15)4/h6-10H,5H2,1-4H3,(H,16,20)/t10-/m1/s1. The zero-order valence-electron chi connectivity index (χ0n) is 13.2. The second-order valence-electron chi connectivity index (χ2n) is 4.80. The number of anilines is 1. The molecule has 2 rings (SSSR count). The summed E-state index contributed by atoms with van der Waals surface area (Å²) < 4.78 is 7.24. The third-order valence-corrected chi connectivity index (χ3v) is 4.27. The summed E-state index contributed by atoms with van der Waals surface area (Å²) in [5.41, 5.74) is 0.745. The van der Waals surface area contributed by atoms with E-state index in [-0.39, 0.29) is 11.2 Å². The fourth-order valence-electron chi connectivity index (χ4n) is 1.75. The fraction of sp³-hybridized carbons (Fsp3) is 0.400. The summed E-state index contributed by atoms with van der Waals surface area (Å²) >= 11 is 1.38. The summed E-state index contributed by atoms with van der Waals surface area (Å²) in [6.45, 7) is 6.28. The molecule has 0 aliphatic carbocycles. The van der Waals surface area contributed by atoms with Gasteiger partial charge in [-0.25, -0.2) is 0 Å². The van der Waals surface area contributed by atoms with E-state index in [1.54, 1.807) is 0 Å². The molecule has 0 aliphatic rings. The number of aryl methyl sites for hydroxylation is 1. The molecule has 1 heterocycles. The molecule has 0 saturated heterocycles. The van der Waals surface area contributed by atoms with Crippen molar-refractivity contribution in [2.75, 3.05) is 11.9 Å². The van der Waals surface area contributed by atoms with Crippen molar-refractivity contribution in [2.45, 2.75) is 31.2 Å². The maximum Gasteiger partial charge on any atom is 0.237 e. The Morgan fingerprint density at radius 1 is 1.36 bits per heavy atom. The van der Waals surface area contributed by atoms with Gasteiger partial charge in [0.05, 0.1) is 11.9 Å². The molecule has 0 spiro atoms. The molecule has 118 valence electrons. The molecule has 0 radical (unpaired) electrons. The van der Waals surface area contributed by atoms with Crippen LogP contribution in [0.5, 0.6) is 5.75 Å². The summed E-state index contributed by atoms with van der Waals surface area (Å²) in [7, 11) is 1.88. The molecular weight excluding hydrogens is 300 g/mol. The zero-order chi connectivity index (χ0) is 16.1. The molecular formula is C15H20N4O2S. The first-order valence-corrected chi connectivity index (χ1v) is 7.95. The van der Waals surface area contributed by atoms with Gasteiger partial charge in [0.2, 0.25) is 5.91 Å². The number of hydrogen-bond acceptors (Lipinski definition) is 5. The molecule has 0 unspecified atom stereocenters. The van der Waals surface area contributed by atoms with Crippen LogP contribution in [-0.2, 0) is 11.8 Å². The topological polar surface area (TPSA) is 69.0 Å². The van der Waals surface area contributed by atoms with Crippen LogP contribution in [0.3, 0.4) is 0 Å². The van der Waals surface area contributed by atoms with Gasteiger partial charge in [0.15, 0.2) is 5.16 Å². The number of carbonyl (C=O) groups is 1. The minimum Gasteiger partial charge on any atom is -0.494 e. The maximum atomic E-state index is 12.2. The van der Waals surface area contributed by atoms with Gasteiger partial charge in [0.25, 0.3) is 0 Å². The van der Waals surface area contributed by atoms with Gasteiger partial charge in [0.1, 0.15) is 11.6 Å². The molecule has 1 aromatic heterocycles. The Balaban J connectivity index is 1.94. The van der Waals surface area contributed by atoms with Crippen molar-refractivity contribution >= 4 is 23.4 Å². The molecule has 0 saturated carbocycles. The highest BCUT2D eigenvalue weighted by Crippen LogP contribution is 2.23. The van der Waals surface area contributed by atoms with E-state index in [9.17, 15) is 4.79 Å². The van der Waals surface area contributed by atoms with Crippen LogP contribution in [-0.4, -0.2) is 32.5 Å². The molecule has 1 aromatic carbocycles. The maximum absolute atomic E-state index is 12.2. The first-order valence-electron chi connectivity index (χ1n) is 7.07. The van der Waals surface area contributed by atoms with Gasteiger partial charge >= 0.3 is 0 Å². The zero-order valence-corrected chi connectivity index (χ0v) is 14.0. The number of aromatic nitrogens is 3. The van der Waals surface area contributed by atoms with Crippen LogP contribution in [0.15, 0.2) is 29.4 Å². The monoisotopic (exact) mass is 320 g/mol. The van der Waals surface area contributed by atoms with Crippen molar-refractivity contribution in [3.8, 4) is 5.75 Å². The van der Waals surface area contributed by atoms with Gasteiger partial charge in [-0.2, -0.15) is 0 Å². The van der Waals surface area contributed by atoms with Crippen LogP contribution in [0, 0.1) is 6.92 Å². The van der Waals surface area contributed by atoms with E-state index in [4.69, 9.17) is 4.74 Å². The average molecular weight is 320 g/mol. The van der Waals surface area contributed by atoms with E-state index in [2.05, 4.69) is 15.5 Å². The van der Waals surface area contributed by atoms with Crippen molar-refractivity contribution in [2.24, 2.45) is 7.05 Å². The van der Waals surface area contributed by atoms with Crippen molar-refractivity contribution < 1.29 is 9.53 Å². The summed E-state index contributed by atoms with van der Waals surface area (Å²) in [6, 6.07) is 7.32. The van der Waals surface area contributed by atoms with Crippen molar-refractivity contribution in [3.05, 3.63) is 30.1 Å². The largest absolute Gasteiger partial charge is 0.494 e. The van der Waals surface area contributed by atoms with Crippen molar-refractivity contribution in [1.82, 2.24) is 14.8 Å². The van der Waals surface area contributed by atoms with Crippen LogP contribution in [0.1, 0.15) is 19.7 Å². The third-order valence-electron chi connectivity index (χ3n) is 3.14. The quantitative estimate of drug-likeness (QED) is 0.829. The molecule has 0 aliphatic heterocycles. The first kappa shape index (κ1) is 16.4. The minimum absolute atomic E-state index is 0.0742. The predicted octanol–water partition coefficient (Wildman–Crippen LogP) is 2.64. The fourth-order valence-corrected chi connectivity index (χ4v) is 2.61. The Labute approximate surface area is 134 Å². The number of nitrogens with zero attached hydrogens (tertiary/aromatic N) is 3. The average Bonchev–Trinajstić information content (AvgIpc) is 2.81. The Morgan fingerprint density at radius 2 is 2.05 bits per heavy atom. The van der Waals surface area contributed by atoms with Crippen LogP contribution in [0.4, 0.5) is 5.69 Å². The lowest BCUT2D eigenvalue weighted by atomic mass is 10.3. The smallest absolute Gasteiger partial charge is 0.237 e. The Bertz CT molecular complexity index is 639. The van der Waals surface area contributed by atoms with Crippen molar-refractivity contribution in [3.63, 3.8) is 0 Å². The van der Waals surface area contributed by atoms with Gasteiger partial charge in [-0.1, -0.05) is 11.8 Å². The molecule has 22 heavy (non-hydrogen) atoms. The predicted molar refractivity (Wildman–Crippen MR) is 87.3 cm³/mol. The molecule has 2 aromatic rings. The highest BCUT2D eigenvalue weighted by molar-refractivity contribution is 8.00. The molecule has 1 amide bonds. The van der Waals surface area contributed by atoms with Gasteiger partial charge < -0.3 is 14.6 Å². The number of ether oxygens (including phenoxy) is 1. The number of amides is 1. The van der Waals surface area contributed by atoms with Crippen LogP contribution in [0.2, 0.25) is 0 Å². The van der Waals surface area contributed by atoms with Crippen molar-refractivity contribution in [1.29, 1.82) is 0 Å². The van der Waals surface area contributed by atoms with Gasteiger partial charge in [-0.3, -0.25) is 4.79 Å². The number of nitrogens with one attached hydrogen (secondary N) is 1. The molecule has 0 fully saturated rings. The first-order chi connectivity index (χ1) is 10.5. The van der Waals surface area contributed by atoms with Gasteiger partial charge in [-0.15, -0.1) is 10.2 Å². The Kier molecular flexibility index (Phi) is 5.43. The second-order valence-corrected chi connectivity index (χ2v) is 6.10. The number of benzene rings is 1. The molecule has 0 bridgehead atoms. The molecule has 6 nitrogen and oxygen atoms in total. The minimum atomic E-state index is -0.270. The van der Waals surface area contributed by atoms with Crippen LogP contribution < -0.4 is 10.1 Å². The molecule has 1 N–H and O–H groups in total. The number of thioether (sulfide) groups is 1. The lowest BCUT2D eigenvalue weighted by Gasteiger charge is -2.12. The third kappa shape index (κ3) is 4.00. The van der Waals surface area contributed by atoms with E-state index < -0.39 is 0 Å². The Hall–Kier alpha value is -2.02. The SMILES string of the molecule is CCOc1ccc(NC(=O)[C@@H](C)Sc2nnc(C)n2C)cc1. The summed E-state index contributed by atoms with van der Waals surface area (Å²) in [4.78, 5) is 12.2. The number of carbonyl (C=O) groups excluding carboxylic acids is 1. The highest BCUT2D eigenvalue weighted by atomic mass is 32.2. The lowest BCUT2D eigenvalue weighted by molar-refractivity contribution is -0.115.